The van der Waals surface area contributed by atoms with Crippen molar-refractivity contribution in [1.82, 2.24) is 0 Å². The predicted molar refractivity (Wildman–Crippen MR) is 174 cm³/mol. The summed E-state index contributed by atoms with van der Waals surface area (Å²) in [4.78, 5) is 0. The van der Waals surface area contributed by atoms with Crippen LogP contribution in [0.15, 0.2) is 121 Å². The molecule has 238 valence electrons. The van der Waals surface area contributed by atoms with Gasteiger partial charge >= 0.3 is 0 Å². The lowest BCUT2D eigenvalue weighted by atomic mass is 9.98. The Morgan fingerprint density at radius 1 is 0.556 bits per heavy atom. The molecule has 1 saturated heterocycles. The Labute approximate surface area is 267 Å². The molecule has 1 heterocycles. The van der Waals surface area contributed by atoms with E-state index in [4.69, 9.17) is 23.7 Å². The first kappa shape index (κ1) is 33.0. The average Bonchev–Trinajstić information content (AvgIpc) is 3.07. The highest BCUT2D eigenvalue weighted by molar-refractivity contribution is 7.92. The van der Waals surface area contributed by atoms with E-state index in [0.29, 0.717) is 6.61 Å². The zero-order chi connectivity index (χ0) is 31.5. The van der Waals surface area contributed by atoms with Crippen LogP contribution < -0.4 is 0 Å². The minimum atomic E-state index is -3.81. The Morgan fingerprint density at radius 2 is 0.933 bits per heavy atom. The Balaban J connectivity index is 1.49. The molecule has 0 unspecified atom stereocenters. The third-order valence-corrected chi connectivity index (χ3v) is 10.2. The molecular formula is C37H42O7S. The minimum absolute atomic E-state index is 0.106. The highest BCUT2D eigenvalue weighted by atomic mass is 32.2. The molecule has 1 aliphatic rings. The number of benzene rings is 4. The lowest BCUT2D eigenvalue weighted by Gasteiger charge is -2.46. The second-order valence-corrected chi connectivity index (χ2v) is 14.1. The summed E-state index contributed by atoms with van der Waals surface area (Å²) in [7, 11) is -3.81. The van der Waals surface area contributed by atoms with E-state index in [1.807, 2.05) is 121 Å². The standard InChI is InChI=1S/C37H42O7S/c1-28(2)45(38,39)37-36(43-26-32-21-13-6-14-22-32)35(42-25-31-19-11-5-12-20-31)34(41-24-30-17-9-4-10-18-30)33(44-37)27-40-23-29-15-7-3-8-16-29/h3-22,28,33-37H,23-27H2,1-2H3/t33-,34-,35+,36-,37-/m1/s1. The second-order valence-electron chi connectivity index (χ2n) is 11.5. The highest BCUT2D eigenvalue weighted by Gasteiger charge is 2.53. The van der Waals surface area contributed by atoms with E-state index >= 15 is 0 Å². The summed E-state index contributed by atoms with van der Waals surface area (Å²) in [5, 5.41) is -0.701. The molecule has 8 heteroatoms. The van der Waals surface area contributed by atoms with Crippen LogP contribution >= 0.6 is 0 Å². The first-order valence-electron chi connectivity index (χ1n) is 15.4. The van der Waals surface area contributed by atoms with Gasteiger partial charge in [-0.2, -0.15) is 0 Å². The van der Waals surface area contributed by atoms with Crippen molar-refractivity contribution in [2.45, 2.75) is 75.4 Å². The first-order valence-corrected chi connectivity index (χ1v) is 17.0. The largest absolute Gasteiger partial charge is 0.374 e. The van der Waals surface area contributed by atoms with Crippen molar-refractivity contribution in [1.29, 1.82) is 0 Å². The molecule has 0 saturated carbocycles. The minimum Gasteiger partial charge on any atom is -0.374 e. The normalized spacial score (nSPS) is 22.0. The summed E-state index contributed by atoms with van der Waals surface area (Å²) in [6.07, 6.45) is -3.18. The second kappa shape index (κ2) is 16.3. The quantitative estimate of drug-likeness (QED) is 0.148. The molecule has 0 radical (unpaired) electrons. The van der Waals surface area contributed by atoms with E-state index in [9.17, 15) is 8.42 Å². The van der Waals surface area contributed by atoms with E-state index in [1.54, 1.807) is 13.8 Å². The van der Waals surface area contributed by atoms with Crippen molar-refractivity contribution in [2.24, 2.45) is 0 Å². The lowest BCUT2D eigenvalue weighted by molar-refractivity contribution is -0.256. The van der Waals surface area contributed by atoms with E-state index in [1.165, 1.54) is 0 Å². The molecule has 0 aliphatic carbocycles. The summed E-state index contributed by atoms with van der Waals surface area (Å²) in [5.74, 6) is 0. The zero-order valence-electron chi connectivity index (χ0n) is 25.8. The number of rotatable bonds is 15. The van der Waals surface area contributed by atoms with E-state index in [0.717, 1.165) is 22.3 Å². The molecule has 5 rings (SSSR count). The average molecular weight is 631 g/mol. The highest BCUT2D eigenvalue weighted by Crippen LogP contribution is 2.34. The molecule has 45 heavy (non-hydrogen) atoms. The zero-order valence-corrected chi connectivity index (χ0v) is 26.6. The maximum Gasteiger partial charge on any atom is 0.188 e. The van der Waals surface area contributed by atoms with Crippen LogP contribution in [0.5, 0.6) is 0 Å². The molecule has 5 atom stereocenters. The molecule has 0 bridgehead atoms. The van der Waals surface area contributed by atoms with Gasteiger partial charge in [-0.25, -0.2) is 8.42 Å². The summed E-state index contributed by atoms with van der Waals surface area (Å²) in [6, 6.07) is 39.1. The third-order valence-electron chi connectivity index (χ3n) is 7.82. The van der Waals surface area contributed by atoms with Gasteiger partial charge in [0.15, 0.2) is 15.3 Å². The molecule has 0 spiro atoms. The van der Waals surface area contributed by atoms with Crippen LogP contribution in [-0.4, -0.2) is 50.1 Å². The van der Waals surface area contributed by atoms with E-state index in [2.05, 4.69) is 0 Å². The van der Waals surface area contributed by atoms with Crippen LogP contribution in [0.2, 0.25) is 0 Å². The van der Waals surface area contributed by atoms with Crippen LogP contribution in [0.1, 0.15) is 36.1 Å². The summed E-state index contributed by atoms with van der Waals surface area (Å²) < 4.78 is 60.1. The van der Waals surface area contributed by atoms with Crippen LogP contribution in [0, 0.1) is 0 Å². The predicted octanol–water partition coefficient (Wildman–Crippen LogP) is 6.51. The number of ether oxygens (including phenoxy) is 5. The molecule has 0 aromatic heterocycles. The topological polar surface area (TPSA) is 80.3 Å². The summed E-state index contributed by atoms with van der Waals surface area (Å²) >= 11 is 0. The molecule has 0 N–H and O–H groups in total. The van der Waals surface area contributed by atoms with Crippen molar-refractivity contribution in [2.75, 3.05) is 6.61 Å². The van der Waals surface area contributed by atoms with Crippen LogP contribution in [-0.2, 0) is 59.9 Å². The Bertz CT molecular complexity index is 1520. The molecule has 7 nitrogen and oxygen atoms in total. The van der Waals surface area contributed by atoms with Crippen molar-refractivity contribution in [3.63, 3.8) is 0 Å². The maximum atomic E-state index is 13.9. The number of hydrogen-bond acceptors (Lipinski definition) is 7. The Kier molecular flexibility index (Phi) is 11.9. The summed E-state index contributed by atoms with van der Waals surface area (Å²) in [6.45, 7) is 4.48. The molecule has 4 aromatic carbocycles. The lowest BCUT2D eigenvalue weighted by Crippen LogP contribution is -2.63. The van der Waals surface area contributed by atoms with Gasteiger partial charge in [-0.3, -0.25) is 0 Å². The molecule has 0 amide bonds. The van der Waals surface area contributed by atoms with Crippen LogP contribution in [0.25, 0.3) is 0 Å². The van der Waals surface area contributed by atoms with Crippen molar-refractivity contribution >= 4 is 9.84 Å². The Morgan fingerprint density at radius 3 is 1.36 bits per heavy atom. The summed E-state index contributed by atoms with van der Waals surface area (Å²) in [5.41, 5.74) is 2.55. The van der Waals surface area contributed by atoms with Crippen LogP contribution in [0.4, 0.5) is 0 Å². The molecule has 1 aliphatic heterocycles. The van der Waals surface area contributed by atoms with Gasteiger partial charge < -0.3 is 23.7 Å². The first-order chi connectivity index (χ1) is 21.9. The van der Waals surface area contributed by atoms with E-state index in [-0.39, 0.29) is 26.4 Å². The smallest absolute Gasteiger partial charge is 0.188 e. The van der Waals surface area contributed by atoms with Crippen molar-refractivity contribution in [3.8, 4) is 0 Å². The molecular weight excluding hydrogens is 588 g/mol. The van der Waals surface area contributed by atoms with Crippen molar-refractivity contribution in [3.05, 3.63) is 144 Å². The van der Waals surface area contributed by atoms with Gasteiger partial charge in [0.25, 0.3) is 0 Å². The number of hydrogen-bond donors (Lipinski definition) is 0. The van der Waals surface area contributed by atoms with E-state index < -0.39 is 44.9 Å². The maximum absolute atomic E-state index is 13.9. The third kappa shape index (κ3) is 9.10. The fraction of sp³-hybridized carbons (Fsp3) is 0.351. The van der Waals surface area contributed by atoms with Crippen LogP contribution in [0.3, 0.4) is 0 Å². The molecule has 1 fully saturated rings. The van der Waals surface area contributed by atoms with Gasteiger partial charge in [0, 0.05) is 0 Å². The van der Waals surface area contributed by atoms with Crippen molar-refractivity contribution < 1.29 is 32.1 Å². The monoisotopic (exact) mass is 630 g/mol. The van der Waals surface area contributed by atoms with Gasteiger partial charge in [0.2, 0.25) is 0 Å². The van der Waals surface area contributed by atoms with Gasteiger partial charge in [-0.05, 0) is 36.1 Å². The van der Waals surface area contributed by atoms with Gasteiger partial charge in [-0.1, -0.05) is 121 Å². The number of sulfone groups is 1. The fourth-order valence-corrected chi connectivity index (χ4v) is 6.72. The van der Waals surface area contributed by atoms with Gasteiger partial charge in [0.1, 0.15) is 24.4 Å². The molecule has 4 aromatic rings. The Hall–Kier alpha value is -3.37. The van der Waals surface area contributed by atoms with Gasteiger partial charge in [0.05, 0.1) is 38.3 Å². The van der Waals surface area contributed by atoms with Gasteiger partial charge in [-0.15, -0.1) is 0 Å². The SMILES string of the molecule is CC(C)S(=O)(=O)[C@H]1O[C@H](COCc2ccccc2)[C@@H](OCc2ccccc2)[C@H](OCc2ccccc2)[C@H]1OCc1ccccc1. The fourth-order valence-electron chi connectivity index (χ4n) is 5.28.